The Kier molecular flexibility index (Phi) is 6.06. The van der Waals surface area contributed by atoms with Gasteiger partial charge in [-0.3, -0.25) is 4.99 Å². The highest BCUT2D eigenvalue weighted by Crippen LogP contribution is 2.27. The molecule has 6 heteroatoms. The van der Waals surface area contributed by atoms with Gasteiger partial charge in [0.15, 0.2) is 5.58 Å². The summed E-state index contributed by atoms with van der Waals surface area (Å²) in [5.74, 6) is 0.646. The normalized spacial score (nSPS) is 11.2. The van der Waals surface area contributed by atoms with Crippen LogP contribution in [0.2, 0.25) is 0 Å². The molecule has 4 aromatic carbocycles. The summed E-state index contributed by atoms with van der Waals surface area (Å²) in [6.45, 7) is 2.05. The Balaban J connectivity index is 1.28. The molecule has 166 valence electrons. The largest absolute Gasteiger partial charge is 0.436 e. The minimum Gasteiger partial charge on any atom is -0.436 e. The van der Waals surface area contributed by atoms with Crippen molar-refractivity contribution in [1.29, 1.82) is 0 Å². The third-order valence-electron chi connectivity index (χ3n) is 5.18. The van der Waals surface area contributed by atoms with Crippen molar-refractivity contribution in [2.45, 2.75) is 6.92 Å². The van der Waals surface area contributed by atoms with Gasteiger partial charge in [-0.25, -0.2) is 9.78 Å². The lowest BCUT2D eigenvalue weighted by atomic mass is 10.1. The minimum atomic E-state index is -0.409. The number of carbonyl (C=O) groups is 1. The summed E-state index contributed by atoms with van der Waals surface area (Å²) in [4.78, 5) is 21.4. The number of aromatic nitrogens is 1. The van der Waals surface area contributed by atoms with Gasteiger partial charge in [-0.05, 0) is 85.3 Å². The van der Waals surface area contributed by atoms with Gasteiger partial charge in [-0.2, -0.15) is 0 Å². The highest BCUT2D eigenvalue weighted by molar-refractivity contribution is 9.10. The maximum Gasteiger partial charge on any atom is 0.343 e. The highest BCUT2D eigenvalue weighted by atomic mass is 79.9. The molecule has 1 heterocycles. The summed E-state index contributed by atoms with van der Waals surface area (Å²) >= 11 is 3.36. The lowest BCUT2D eigenvalue weighted by Crippen LogP contribution is -2.08. The predicted octanol–water partition coefficient (Wildman–Crippen LogP) is 7.54. The van der Waals surface area contributed by atoms with Gasteiger partial charge >= 0.3 is 5.97 Å². The number of oxazole rings is 1. The third kappa shape index (κ3) is 4.97. The second kappa shape index (κ2) is 9.45. The van der Waals surface area contributed by atoms with Gasteiger partial charge in [0.1, 0.15) is 11.3 Å². The molecule has 1 aromatic heterocycles. The second-order valence-corrected chi connectivity index (χ2v) is 8.68. The van der Waals surface area contributed by atoms with E-state index < -0.39 is 5.97 Å². The van der Waals surface area contributed by atoms with E-state index >= 15 is 0 Å². The maximum atomic E-state index is 12.3. The SMILES string of the molecule is Cc1ccc(-c2nc3cc(N=Cc4ccc(OC(=O)c5cccc(Br)c5)cc4)ccc3o2)cc1. The van der Waals surface area contributed by atoms with Crippen molar-refractivity contribution < 1.29 is 13.9 Å². The monoisotopic (exact) mass is 510 g/mol. The Hall–Kier alpha value is -4.03. The van der Waals surface area contributed by atoms with Crippen LogP contribution in [0.3, 0.4) is 0 Å². The van der Waals surface area contributed by atoms with Crippen molar-refractivity contribution in [1.82, 2.24) is 4.98 Å². The zero-order valence-corrected chi connectivity index (χ0v) is 19.8. The molecule has 34 heavy (non-hydrogen) atoms. The summed E-state index contributed by atoms with van der Waals surface area (Å²) < 4.78 is 12.2. The average molecular weight is 511 g/mol. The van der Waals surface area contributed by atoms with Crippen LogP contribution in [0.25, 0.3) is 22.6 Å². The van der Waals surface area contributed by atoms with Gasteiger partial charge in [0, 0.05) is 16.3 Å². The summed E-state index contributed by atoms with van der Waals surface area (Å²) in [6, 6.07) is 28.0. The van der Waals surface area contributed by atoms with Crippen LogP contribution in [0.1, 0.15) is 21.5 Å². The van der Waals surface area contributed by atoms with Gasteiger partial charge in [-0.1, -0.05) is 39.7 Å². The number of hydrogen-bond donors (Lipinski definition) is 0. The van der Waals surface area contributed by atoms with Crippen molar-refractivity contribution in [3.8, 4) is 17.2 Å². The van der Waals surface area contributed by atoms with E-state index in [1.165, 1.54) is 5.56 Å². The fraction of sp³-hybridized carbons (Fsp3) is 0.0357. The fourth-order valence-electron chi connectivity index (χ4n) is 3.37. The van der Waals surface area contributed by atoms with E-state index in [1.807, 2.05) is 67.6 Å². The number of carbonyl (C=O) groups excluding carboxylic acids is 1. The first-order chi connectivity index (χ1) is 16.5. The van der Waals surface area contributed by atoms with Gasteiger partial charge in [0.05, 0.1) is 11.3 Å². The first kappa shape index (κ1) is 21.8. The van der Waals surface area contributed by atoms with Crippen molar-refractivity contribution in [3.05, 3.63) is 112 Å². The maximum absolute atomic E-state index is 12.3. The first-order valence-corrected chi connectivity index (χ1v) is 11.4. The van der Waals surface area contributed by atoms with E-state index in [1.54, 1.807) is 36.5 Å². The summed E-state index contributed by atoms with van der Waals surface area (Å²) in [7, 11) is 0. The van der Waals surface area contributed by atoms with E-state index in [2.05, 4.69) is 25.9 Å². The number of fused-ring (bicyclic) bond motifs is 1. The van der Waals surface area contributed by atoms with Crippen LogP contribution in [-0.2, 0) is 0 Å². The summed E-state index contributed by atoms with van der Waals surface area (Å²) in [6.07, 6.45) is 1.75. The molecule has 0 aliphatic rings. The van der Waals surface area contributed by atoms with Crippen LogP contribution in [0, 0.1) is 6.92 Å². The third-order valence-corrected chi connectivity index (χ3v) is 5.68. The molecule has 0 radical (unpaired) electrons. The number of esters is 1. The lowest BCUT2D eigenvalue weighted by Gasteiger charge is -2.05. The molecule has 0 amide bonds. The quantitative estimate of drug-likeness (QED) is 0.139. The molecule has 0 saturated carbocycles. The molecule has 0 aliphatic heterocycles. The number of rotatable bonds is 5. The van der Waals surface area contributed by atoms with Crippen molar-refractivity contribution in [2.24, 2.45) is 4.99 Å². The molecule has 0 atom stereocenters. The van der Waals surface area contributed by atoms with Crippen LogP contribution in [-0.4, -0.2) is 17.2 Å². The molecule has 0 saturated heterocycles. The summed E-state index contributed by atoms with van der Waals surface area (Å²) in [5.41, 5.74) is 5.71. The van der Waals surface area contributed by atoms with Gasteiger partial charge < -0.3 is 9.15 Å². The molecular formula is C28H19BrN2O3. The van der Waals surface area contributed by atoms with E-state index in [0.29, 0.717) is 22.8 Å². The molecule has 0 bridgehead atoms. The molecule has 5 rings (SSSR count). The lowest BCUT2D eigenvalue weighted by molar-refractivity contribution is 0.0734. The van der Waals surface area contributed by atoms with Gasteiger partial charge in [-0.15, -0.1) is 0 Å². The number of aliphatic imine (C=N–C) groups is 1. The molecule has 5 aromatic rings. The predicted molar refractivity (Wildman–Crippen MR) is 137 cm³/mol. The molecule has 0 aliphatic carbocycles. The van der Waals surface area contributed by atoms with Crippen LogP contribution in [0.4, 0.5) is 5.69 Å². The molecule has 0 spiro atoms. The van der Waals surface area contributed by atoms with Crippen molar-refractivity contribution in [2.75, 3.05) is 0 Å². The number of aryl methyl sites for hydroxylation is 1. The number of ether oxygens (including phenoxy) is 1. The van der Waals surface area contributed by atoms with E-state index in [4.69, 9.17) is 9.15 Å². The van der Waals surface area contributed by atoms with Crippen LogP contribution in [0.15, 0.2) is 105 Å². The van der Waals surface area contributed by atoms with Crippen molar-refractivity contribution >= 4 is 44.9 Å². The van der Waals surface area contributed by atoms with E-state index in [9.17, 15) is 4.79 Å². The van der Waals surface area contributed by atoms with Crippen LogP contribution < -0.4 is 4.74 Å². The standard InChI is InChI=1S/C28H19BrN2O3/c1-18-5-9-20(10-6-18)27-31-25-16-23(11-14-26(25)34-27)30-17-19-7-12-24(13-8-19)33-28(32)21-3-2-4-22(29)15-21/h2-17H,1H3. The number of hydrogen-bond acceptors (Lipinski definition) is 5. The first-order valence-electron chi connectivity index (χ1n) is 10.6. The Bertz CT molecular complexity index is 1500. The number of nitrogens with zero attached hydrogens (tertiary/aromatic N) is 2. The van der Waals surface area contributed by atoms with Crippen LogP contribution >= 0.6 is 15.9 Å². The number of benzene rings is 4. The molecular weight excluding hydrogens is 492 g/mol. The topological polar surface area (TPSA) is 64.7 Å². The number of halogens is 1. The second-order valence-electron chi connectivity index (χ2n) is 7.76. The van der Waals surface area contributed by atoms with Gasteiger partial charge in [0.25, 0.3) is 0 Å². The Morgan fingerprint density at radius 2 is 1.76 bits per heavy atom. The highest BCUT2D eigenvalue weighted by Gasteiger charge is 2.10. The smallest absolute Gasteiger partial charge is 0.343 e. The molecule has 0 fully saturated rings. The molecule has 5 nitrogen and oxygen atoms in total. The Morgan fingerprint density at radius 1 is 0.971 bits per heavy atom. The molecule has 0 unspecified atom stereocenters. The van der Waals surface area contributed by atoms with Gasteiger partial charge in [0.2, 0.25) is 5.89 Å². The minimum absolute atomic E-state index is 0.409. The van der Waals surface area contributed by atoms with E-state index in [0.717, 1.165) is 26.8 Å². The van der Waals surface area contributed by atoms with Crippen molar-refractivity contribution in [3.63, 3.8) is 0 Å². The average Bonchev–Trinajstić information content (AvgIpc) is 3.27. The zero-order chi connectivity index (χ0) is 23.5. The Labute approximate surface area is 204 Å². The zero-order valence-electron chi connectivity index (χ0n) is 18.2. The van der Waals surface area contributed by atoms with Crippen LogP contribution in [0.5, 0.6) is 5.75 Å². The Morgan fingerprint density at radius 3 is 2.53 bits per heavy atom. The molecule has 0 N–H and O–H groups in total. The fourth-order valence-corrected chi connectivity index (χ4v) is 3.77. The van der Waals surface area contributed by atoms with E-state index in [-0.39, 0.29) is 0 Å². The summed E-state index contributed by atoms with van der Waals surface area (Å²) in [5, 5.41) is 0.